The maximum absolute atomic E-state index is 12.3. The van der Waals surface area contributed by atoms with E-state index in [2.05, 4.69) is 29.4 Å². The molecular weight excluding hydrogens is 306 g/mol. The van der Waals surface area contributed by atoms with E-state index in [4.69, 9.17) is 5.73 Å². The fraction of sp³-hybridized carbons (Fsp3) is 0.556. The van der Waals surface area contributed by atoms with Crippen molar-refractivity contribution < 1.29 is 4.79 Å². The van der Waals surface area contributed by atoms with E-state index in [1.807, 2.05) is 12.1 Å². The van der Waals surface area contributed by atoms with Crippen molar-refractivity contribution in [3.63, 3.8) is 0 Å². The van der Waals surface area contributed by atoms with E-state index in [1.54, 1.807) is 11.8 Å². The molecule has 126 valence electrons. The largest absolute Gasteiger partial charge is 0.379 e. The smallest absolute Gasteiger partial charge is 0.154 e. The van der Waals surface area contributed by atoms with E-state index in [1.165, 1.54) is 0 Å². The first kappa shape index (κ1) is 18.0. The molecule has 1 fully saturated rings. The van der Waals surface area contributed by atoms with Crippen LogP contribution in [0.5, 0.6) is 0 Å². The number of aliphatic imine (C=N–C) groups is 1. The summed E-state index contributed by atoms with van der Waals surface area (Å²) >= 11 is 1.61. The number of hydrogen-bond donors (Lipinski definition) is 2. The van der Waals surface area contributed by atoms with Crippen molar-refractivity contribution >= 4 is 22.7 Å². The number of carbonyl (C=O) groups is 1. The Balaban J connectivity index is 0.00000192. The van der Waals surface area contributed by atoms with Crippen LogP contribution < -0.4 is 11.1 Å². The normalized spacial score (nSPS) is 27.2. The Morgan fingerprint density at radius 2 is 2.35 bits per heavy atom. The molecule has 0 amide bonds. The second-order valence-corrected chi connectivity index (χ2v) is 7.43. The zero-order valence-corrected chi connectivity index (χ0v) is 13.8. The topological polar surface area (TPSA) is 67.5 Å². The van der Waals surface area contributed by atoms with Gasteiger partial charge >= 0.3 is 0 Å². The molecule has 0 bridgehead atoms. The van der Waals surface area contributed by atoms with E-state index in [0.29, 0.717) is 17.4 Å². The molecule has 1 aromatic carbocycles. The lowest BCUT2D eigenvalue weighted by molar-refractivity contribution is -0.120. The molecule has 2 heterocycles. The van der Waals surface area contributed by atoms with Crippen molar-refractivity contribution in [2.75, 3.05) is 12.3 Å². The molecule has 4 nitrogen and oxygen atoms in total. The van der Waals surface area contributed by atoms with Gasteiger partial charge < -0.3 is 11.1 Å². The SMILES string of the molecule is C.C[C@@]1(c2cccc(CC(=O)[C@@H]3CCCN3)c2)CCSC(N)=N1. The van der Waals surface area contributed by atoms with Crippen molar-refractivity contribution in [3.8, 4) is 0 Å². The minimum Gasteiger partial charge on any atom is -0.379 e. The number of amidine groups is 1. The number of Topliss-reactive ketones (excluding diaryl/α,β-unsaturated/α-hetero) is 1. The van der Waals surface area contributed by atoms with E-state index < -0.39 is 0 Å². The van der Waals surface area contributed by atoms with Gasteiger partial charge in [-0.15, -0.1) is 0 Å². The highest BCUT2D eigenvalue weighted by atomic mass is 32.2. The molecule has 0 aliphatic carbocycles. The number of nitrogens with zero attached hydrogens (tertiary/aromatic N) is 1. The first-order chi connectivity index (χ1) is 10.6. The number of nitrogens with one attached hydrogen (secondary N) is 1. The highest BCUT2D eigenvalue weighted by molar-refractivity contribution is 8.13. The standard InChI is InChI=1S/C17H23N3OS.CH4/c1-17(7-9-22-16(18)20-17)13-5-2-4-12(10-13)11-15(21)14-6-3-8-19-14;/h2,4-5,10,14,19H,3,6-9,11H2,1H3,(H2,18,20);1H4/t14-,17-;/m0./s1. The van der Waals surface area contributed by atoms with Crippen LogP contribution in [0.3, 0.4) is 0 Å². The Morgan fingerprint density at radius 1 is 1.52 bits per heavy atom. The Kier molecular flexibility index (Phi) is 5.87. The number of ketones is 1. The first-order valence-corrected chi connectivity index (χ1v) is 8.89. The van der Waals surface area contributed by atoms with Gasteiger partial charge in [-0.05, 0) is 43.9 Å². The fourth-order valence-electron chi connectivity index (χ4n) is 3.19. The first-order valence-electron chi connectivity index (χ1n) is 7.90. The summed E-state index contributed by atoms with van der Waals surface area (Å²) < 4.78 is 0. The monoisotopic (exact) mass is 333 g/mol. The average molecular weight is 334 g/mol. The zero-order chi connectivity index (χ0) is 15.6. The quantitative estimate of drug-likeness (QED) is 0.889. The lowest BCUT2D eigenvalue weighted by atomic mass is 9.88. The molecule has 23 heavy (non-hydrogen) atoms. The highest BCUT2D eigenvalue weighted by Crippen LogP contribution is 2.35. The number of rotatable bonds is 4. The Bertz CT molecular complexity index is 596. The third-order valence-electron chi connectivity index (χ3n) is 4.57. The summed E-state index contributed by atoms with van der Waals surface area (Å²) in [5.74, 6) is 1.28. The number of nitrogens with two attached hydrogens (primary N) is 1. The molecule has 3 rings (SSSR count). The summed E-state index contributed by atoms with van der Waals surface area (Å²) in [5.41, 5.74) is 7.86. The van der Waals surface area contributed by atoms with Crippen molar-refractivity contribution in [1.82, 2.24) is 5.32 Å². The minimum absolute atomic E-state index is 0. The molecule has 0 radical (unpaired) electrons. The fourth-order valence-corrected chi connectivity index (χ4v) is 4.17. The maximum Gasteiger partial charge on any atom is 0.154 e. The summed E-state index contributed by atoms with van der Waals surface area (Å²) in [4.78, 5) is 17.0. The Hall–Kier alpha value is -1.33. The van der Waals surface area contributed by atoms with Crippen molar-refractivity contribution in [1.29, 1.82) is 0 Å². The third-order valence-corrected chi connectivity index (χ3v) is 5.37. The zero-order valence-electron chi connectivity index (χ0n) is 13.0. The van der Waals surface area contributed by atoms with Gasteiger partial charge in [0.2, 0.25) is 0 Å². The van der Waals surface area contributed by atoms with E-state index in [0.717, 1.165) is 42.7 Å². The van der Waals surface area contributed by atoms with Crippen LogP contribution in [-0.4, -0.2) is 29.3 Å². The van der Waals surface area contributed by atoms with Gasteiger partial charge in [0.1, 0.15) is 0 Å². The predicted molar refractivity (Wildman–Crippen MR) is 99.0 cm³/mol. The van der Waals surface area contributed by atoms with Gasteiger partial charge in [-0.3, -0.25) is 9.79 Å². The molecule has 0 unspecified atom stereocenters. The van der Waals surface area contributed by atoms with Gasteiger partial charge in [-0.25, -0.2) is 0 Å². The number of carbonyl (C=O) groups excluding carboxylic acids is 1. The van der Waals surface area contributed by atoms with Gasteiger partial charge in [0, 0.05) is 12.2 Å². The van der Waals surface area contributed by atoms with E-state index >= 15 is 0 Å². The highest BCUT2D eigenvalue weighted by Gasteiger charge is 2.30. The number of thioether (sulfide) groups is 1. The van der Waals surface area contributed by atoms with Crippen LogP contribution in [0.1, 0.15) is 44.7 Å². The third kappa shape index (κ3) is 4.15. The second-order valence-electron chi connectivity index (χ2n) is 6.31. The van der Waals surface area contributed by atoms with Crippen LogP contribution in [0.2, 0.25) is 0 Å². The molecule has 1 saturated heterocycles. The van der Waals surface area contributed by atoms with Crippen LogP contribution in [-0.2, 0) is 16.8 Å². The van der Waals surface area contributed by atoms with Crippen LogP contribution >= 0.6 is 11.8 Å². The molecule has 1 aromatic rings. The summed E-state index contributed by atoms with van der Waals surface area (Å²) in [7, 11) is 0. The summed E-state index contributed by atoms with van der Waals surface area (Å²) in [6, 6.07) is 8.32. The number of hydrogen-bond acceptors (Lipinski definition) is 5. The van der Waals surface area contributed by atoms with Crippen LogP contribution in [0.15, 0.2) is 29.3 Å². The summed E-state index contributed by atoms with van der Waals surface area (Å²) in [5, 5.41) is 3.93. The molecule has 2 atom stereocenters. The summed E-state index contributed by atoms with van der Waals surface area (Å²) in [6.07, 6.45) is 3.53. The van der Waals surface area contributed by atoms with Crippen LogP contribution in [0.25, 0.3) is 0 Å². The van der Waals surface area contributed by atoms with Crippen molar-refractivity contribution in [3.05, 3.63) is 35.4 Å². The molecular formula is C18H27N3OS. The summed E-state index contributed by atoms with van der Waals surface area (Å²) in [6.45, 7) is 3.08. The molecule has 0 aromatic heterocycles. The minimum atomic E-state index is -0.264. The lowest BCUT2D eigenvalue weighted by Gasteiger charge is -2.30. The molecule has 0 spiro atoms. The van der Waals surface area contributed by atoms with Crippen LogP contribution in [0.4, 0.5) is 0 Å². The lowest BCUT2D eigenvalue weighted by Crippen LogP contribution is -2.32. The number of benzene rings is 1. The molecule has 2 aliphatic heterocycles. The Labute approximate surface area is 143 Å². The van der Waals surface area contributed by atoms with Crippen molar-refractivity contribution in [2.45, 2.75) is 51.6 Å². The van der Waals surface area contributed by atoms with Crippen molar-refractivity contribution in [2.24, 2.45) is 10.7 Å². The maximum atomic E-state index is 12.3. The van der Waals surface area contributed by atoms with Gasteiger partial charge in [0.25, 0.3) is 0 Å². The predicted octanol–water partition coefficient (Wildman–Crippen LogP) is 2.85. The molecule has 3 N–H and O–H groups in total. The molecule has 5 heteroatoms. The average Bonchev–Trinajstić information content (AvgIpc) is 3.01. The van der Waals surface area contributed by atoms with Gasteiger partial charge in [-0.2, -0.15) is 0 Å². The molecule has 0 saturated carbocycles. The van der Waals surface area contributed by atoms with Gasteiger partial charge in [0.15, 0.2) is 11.0 Å². The van der Waals surface area contributed by atoms with Crippen LogP contribution in [0, 0.1) is 0 Å². The Morgan fingerprint density at radius 3 is 3.04 bits per heavy atom. The second kappa shape index (κ2) is 7.49. The van der Waals surface area contributed by atoms with E-state index in [-0.39, 0.29) is 19.0 Å². The van der Waals surface area contributed by atoms with Gasteiger partial charge in [0.05, 0.1) is 11.6 Å². The van der Waals surface area contributed by atoms with Gasteiger partial charge in [-0.1, -0.05) is 43.5 Å². The molecule has 2 aliphatic rings. The van der Waals surface area contributed by atoms with E-state index in [9.17, 15) is 4.79 Å².